The zero-order valence-corrected chi connectivity index (χ0v) is 17.7. The van der Waals surface area contributed by atoms with Gasteiger partial charge >= 0.3 is 6.09 Å². The summed E-state index contributed by atoms with van der Waals surface area (Å²) in [5, 5.41) is 9.90. The second kappa shape index (κ2) is 8.25. The van der Waals surface area contributed by atoms with Crippen molar-refractivity contribution in [1.29, 1.82) is 0 Å². The van der Waals surface area contributed by atoms with E-state index in [9.17, 15) is 14.7 Å². The lowest BCUT2D eigenvalue weighted by Gasteiger charge is -2.31. The predicted octanol–water partition coefficient (Wildman–Crippen LogP) is 3.04. The molecule has 6 nitrogen and oxygen atoms in total. The summed E-state index contributed by atoms with van der Waals surface area (Å²) >= 11 is 8.08. The van der Waals surface area contributed by atoms with Crippen molar-refractivity contribution in [1.82, 2.24) is 4.90 Å². The molecule has 26 heavy (non-hydrogen) atoms. The van der Waals surface area contributed by atoms with Crippen molar-refractivity contribution in [3.63, 3.8) is 0 Å². The third-order valence-electron chi connectivity index (χ3n) is 4.58. The molecule has 0 aromatic carbocycles. The van der Waals surface area contributed by atoms with Crippen LogP contribution in [0.1, 0.15) is 47.5 Å². The van der Waals surface area contributed by atoms with E-state index >= 15 is 0 Å². The summed E-state index contributed by atoms with van der Waals surface area (Å²) in [4.78, 5) is 26.0. The molecule has 2 heterocycles. The Balaban J connectivity index is 1.95. The van der Waals surface area contributed by atoms with Gasteiger partial charge in [0.15, 0.2) is 0 Å². The Morgan fingerprint density at radius 2 is 2.15 bits per heavy atom. The average molecular weight is 408 g/mol. The van der Waals surface area contributed by atoms with E-state index in [1.54, 1.807) is 30.5 Å². The number of ketones is 1. The Morgan fingerprint density at radius 1 is 1.50 bits per heavy atom. The number of aliphatic hydroxyl groups is 1. The van der Waals surface area contributed by atoms with Gasteiger partial charge in [0.25, 0.3) is 0 Å². The third kappa shape index (κ3) is 5.50. The van der Waals surface area contributed by atoms with Gasteiger partial charge in [-0.25, -0.2) is 4.79 Å². The van der Waals surface area contributed by atoms with Gasteiger partial charge in [0.2, 0.25) is 0 Å². The van der Waals surface area contributed by atoms with Crippen LogP contribution in [0.15, 0.2) is 0 Å². The quantitative estimate of drug-likeness (QED) is 0.722. The maximum absolute atomic E-state index is 12.4. The monoisotopic (exact) mass is 407 g/mol. The Kier molecular flexibility index (Phi) is 6.92. The lowest BCUT2D eigenvalue weighted by atomic mass is 9.92. The summed E-state index contributed by atoms with van der Waals surface area (Å²) in [5.41, 5.74) is -1.40. The molecule has 0 saturated carbocycles. The fourth-order valence-corrected chi connectivity index (χ4v) is 4.78. The number of amides is 1. The molecule has 4 atom stereocenters. The van der Waals surface area contributed by atoms with Crippen molar-refractivity contribution in [3.05, 3.63) is 0 Å². The van der Waals surface area contributed by atoms with Gasteiger partial charge in [0.1, 0.15) is 17.1 Å². The molecule has 0 aromatic rings. The number of ether oxygens (including phenoxy) is 2. The van der Waals surface area contributed by atoms with E-state index in [0.717, 1.165) is 5.75 Å². The van der Waals surface area contributed by atoms with E-state index in [1.165, 1.54) is 0 Å². The van der Waals surface area contributed by atoms with Gasteiger partial charge in [-0.1, -0.05) is 0 Å². The number of hydrogen-bond acceptors (Lipinski definition) is 6. The Morgan fingerprint density at radius 3 is 2.73 bits per heavy atom. The molecule has 150 valence electrons. The van der Waals surface area contributed by atoms with E-state index in [0.29, 0.717) is 25.1 Å². The highest BCUT2D eigenvalue weighted by Gasteiger charge is 2.45. The van der Waals surface area contributed by atoms with Crippen LogP contribution in [-0.2, 0) is 14.3 Å². The molecule has 1 amide bonds. The largest absolute Gasteiger partial charge is 0.444 e. The molecule has 0 aliphatic carbocycles. The standard InChI is InChI=1S/C18H30ClNO5S/c1-17(2,3)25-16(23)20-9-11(24-18(20,4)5)8-13(19)15(22)12-10-26-7-6-14(12)21/h11-13,15,22H,6-10H2,1-5H3/t11-,12-,13-,15-/m0/s1. The van der Waals surface area contributed by atoms with Crippen LogP contribution in [-0.4, -0.2) is 68.8 Å². The topological polar surface area (TPSA) is 76.1 Å². The summed E-state index contributed by atoms with van der Waals surface area (Å²) in [6, 6.07) is 0. The highest BCUT2D eigenvalue weighted by atomic mass is 35.5. The highest BCUT2D eigenvalue weighted by molar-refractivity contribution is 7.99. The van der Waals surface area contributed by atoms with Crippen LogP contribution >= 0.6 is 23.4 Å². The minimum absolute atomic E-state index is 0.0740. The van der Waals surface area contributed by atoms with Crippen molar-refractivity contribution < 1.29 is 24.2 Å². The van der Waals surface area contributed by atoms with Gasteiger partial charge in [-0.15, -0.1) is 11.6 Å². The van der Waals surface area contributed by atoms with Crippen LogP contribution < -0.4 is 0 Å². The van der Waals surface area contributed by atoms with Crippen LogP contribution in [0.25, 0.3) is 0 Å². The molecule has 0 bridgehead atoms. The molecule has 2 saturated heterocycles. The predicted molar refractivity (Wildman–Crippen MR) is 103 cm³/mol. The molecule has 2 aliphatic heterocycles. The lowest BCUT2D eigenvalue weighted by molar-refractivity contribution is -0.125. The number of halogens is 1. The second-order valence-corrected chi connectivity index (χ2v) is 10.1. The average Bonchev–Trinajstić information content (AvgIpc) is 2.79. The lowest BCUT2D eigenvalue weighted by Crippen LogP contribution is -2.46. The number of carbonyl (C=O) groups is 2. The Hall–Kier alpha value is -0.500. The summed E-state index contributed by atoms with van der Waals surface area (Å²) in [6.45, 7) is 9.39. The normalized spacial score (nSPS) is 28.7. The molecule has 2 aliphatic rings. The Labute approximate surface area is 164 Å². The highest BCUT2D eigenvalue weighted by Crippen LogP contribution is 2.33. The van der Waals surface area contributed by atoms with Crippen molar-refractivity contribution in [3.8, 4) is 0 Å². The van der Waals surface area contributed by atoms with Crippen LogP contribution in [0.3, 0.4) is 0 Å². The molecule has 0 aromatic heterocycles. The SMILES string of the molecule is CC(C)(C)OC(=O)N1C[C@H](C[C@H](Cl)[C@@H](O)[C@H]2CSCCC2=O)OC1(C)C. The fourth-order valence-electron chi connectivity index (χ4n) is 3.26. The maximum Gasteiger partial charge on any atom is 0.412 e. The van der Waals surface area contributed by atoms with Crippen molar-refractivity contribution in [2.24, 2.45) is 5.92 Å². The van der Waals surface area contributed by atoms with Crippen molar-refractivity contribution in [2.75, 3.05) is 18.1 Å². The maximum atomic E-state index is 12.4. The first kappa shape index (κ1) is 21.8. The number of nitrogens with zero attached hydrogens (tertiary/aromatic N) is 1. The van der Waals surface area contributed by atoms with E-state index in [-0.39, 0.29) is 11.9 Å². The number of alkyl halides is 1. The van der Waals surface area contributed by atoms with Gasteiger partial charge in [0, 0.05) is 17.9 Å². The molecule has 0 unspecified atom stereocenters. The summed E-state index contributed by atoms with van der Waals surface area (Å²) in [5.74, 6) is 1.06. The Bertz CT molecular complexity index is 536. The minimum atomic E-state index is -0.903. The van der Waals surface area contributed by atoms with E-state index in [2.05, 4.69) is 0 Å². The number of Topliss-reactive ketones (excluding diaryl/α,β-unsaturated/α-hetero) is 1. The third-order valence-corrected chi connectivity index (χ3v) is 6.10. The second-order valence-electron chi connectivity index (χ2n) is 8.42. The van der Waals surface area contributed by atoms with Crippen molar-refractivity contribution >= 4 is 35.2 Å². The molecule has 1 N–H and O–H groups in total. The first-order chi connectivity index (χ1) is 11.9. The van der Waals surface area contributed by atoms with Crippen LogP contribution in [0, 0.1) is 5.92 Å². The number of rotatable bonds is 4. The van der Waals surface area contributed by atoms with Gasteiger partial charge in [-0.05, 0) is 41.0 Å². The molecule has 0 radical (unpaired) electrons. The van der Waals surface area contributed by atoms with E-state index < -0.39 is 34.8 Å². The molecular weight excluding hydrogens is 378 g/mol. The van der Waals surface area contributed by atoms with Crippen LogP contribution in [0.4, 0.5) is 4.79 Å². The molecule has 2 fully saturated rings. The number of aliphatic hydroxyl groups excluding tert-OH is 1. The molecular formula is C18H30ClNO5S. The first-order valence-corrected chi connectivity index (χ1v) is 10.6. The van der Waals surface area contributed by atoms with E-state index in [4.69, 9.17) is 21.1 Å². The first-order valence-electron chi connectivity index (χ1n) is 9.02. The van der Waals surface area contributed by atoms with Crippen LogP contribution in [0.2, 0.25) is 0 Å². The zero-order chi connectivity index (χ0) is 19.7. The zero-order valence-electron chi connectivity index (χ0n) is 16.2. The van der Waals surface area contributed by atoms with Gasteiger partial charge in [-0.2, -0.15) is 11.8 Å². The van der Waals surface area contributed by atoms with Gasteiger partial charge < -0.3 is 14.6 Å². The number of thioether (sulfide) groups is 1. The van der Waals surface area contributed by atoms with E-state index in [1.807, 2.05) is 20.8 Å². The van der Waals surface area contributed by atoms with Gasteiger partial charge in [0.05, 0.1) is 30.0 Å². The van der Waals surface area contributed by atoms with Crippen molar-refractivity contribution in [2.45, 2.75) is 76.4 Å². The summed E-state index contributed by atoms with van der Waals surface area (Å²) in [7, 11) is 0. The summed E-state index contributed by atoms with van der Waals surface area (Å²) in [6.07, 6.45) is -0.814. The smallest absolute Gasteiger partial charge is 0.412 e. The van der Waals surface area contributed by atoms with Gasteiger partial charge in [-0.3, -0.25) is 9.69 Å². The molecule has 8 heteroatoms. The van der Waals surface area contributed by atoms with Crippen LogP contribution in [0.5, 0.6) is 0 Å². The molecule has 2 rings (SSSR count). The number of carbonyl (C=O) groups excluding carboxylic acids is 2. The molecule has 0 spiro atoms. The number of hydrogen-bond donors (Lipinski definition) is 1. The summed E-state index contributed by atoms with van der Waals surface area (Å²) < 4.78 is 11.4. The fraction of sp³-hybridized carbons (Fsp3) is 0.889. The minimum Gasteiger partial charge on any atom is -0.444 e.